The molecule has 0 aliphatic rings. The maximum absolute atomic E-state index is 2.21. The van der Waals surface area contributed by atoms with Gasteiger partial charge in [-0.1, -0.05) is 19.4 Å². The van der Waals surface area contributed by atoms with Gasteiger partial charge in [-0.25, -0.2) is 4.57 Å². The van der Waals surface area contributed by atoms with Crippen molar-refractivity contribution in [1.29, 1.82) is 0 Å². The van der Waals surface area contributed by atoms with Crippen LogP contribution < -0.4 is 4.57 Å². The van der Waals surface area contributed by atoms with Crippen LogP contribution in [0.3, 0.4) is 0 Å². The molecule has 1 aromatic heterocycles. The molecule has 0 N–H and O–H groups in total. The number of rotatable bonds is 3. The molecule has 1 heterocycles. The van der Waals surface area contributed by atoms with Crippen molar-refractivity contribution in [2.45, 2.75) is 26.3 Å². The van der Waals surface area contributed by atoms with Crippen LogP contribution in [0.1, 0.15) is 19.8 Å². The Morgan fingerprint density at radius 2 is 1.73 bits per heavy atom. The third-order valence-electron chi connectivity index (χ3n) is 1.55. The van der Waals surface area contributed by atoms with Crippen LogP contribution in [0.15, 0.2) is 30.6 Å². The van der Waals surface area contributed by atoms with Crippen LogP contribution in [0.5, 0.6) is 0 Å². The average Bonchev–Trinajstić information content (AvgIpc) is 2.03. The molecule has 0 atom stereocenters. The van der Waals surface area contributed by atoms with Crippen molar-refractivity contribution < 1.29 is 4.57 Å². The summed E-state index contributed by atoms with van der Waals surface area (Å²) in [7, 11) is 0. The van der Waals surface area contributed by atoms with Gasteiger partial charge in [-0.3, -0.25) is 0 Å². The third-order valence-corrected chi connectivity index (χ3v) is 1.55. The van der Waals surface area contributed by atoms with Gasteiger partial charge in [0.05, 0.1) is 0 Å². The summed E-state index contributed by atoms with van der Waals surface area (Å²) >= 11 is 0. The highest BCUT2D eigenvalue weighted by Crippen LogP contribution is 1.85. The minimum Gasteiger partial charge on any atom is -0.205 e. The summed E-state index contributed by atoms with van der Waals surface area (Å²) in [4.78, 5) is 0. The number of hydrogen-bond acceptors (Lipinski definition) is 0. The van der Waals surface area contributed by atoms with Crippen LogP contribution >= 0.6 is 12.4 Å². The van der Waals surface area contributed by atoms with E-state index in [0.717, 1.165) is 6.54 Å². The predicted molar refractivity (Wildman–Crippen MR) is 48.8 cm³/mol. The second-order valence-electron chi connectivity index (χ2n) is 2.47. The highest BCUT2D eigenvalue weighted by Gasteiger charge is 1.93. The van der Waals surface area contributed by atoms with Crippen molar-refractivity contribution in [2.24, 2.45) is 0 Å². The van der Waals surface area contributed by atoms with E-state index >= 15 is 0 Å². The van der Waals surface area contributed by atoms with E-state index in [2.05, 4.69) is 36.0 Å². The van der Waals surface area contributed by atoms with Gasteiger partial charge in [0.2, 0.25) is 0 Å². The molecule has 0 fully saturated rings. The van der Waals surface area contributed by atoms with E-state index in [-0.39, 0.29) is 12.4 Å². The molecule has 0 saturated carbocycles. The number of hydrogen-bond donors (Lipinski definition) is 0. The lowest BCUT2D eigenvalue weighted by molar-refractivity contribution is -0.697. The molecule has 0 unspecified atom stereocenters. The van der Waals surface area contributed by atoms with Crippen LogP contribution in [-0.2, 0) is 6.54 Å². The van der Waals surface area contributed by atoms with Crippen molar-refractivity contribution in [3.05, 3.63) is 30.6 Å². The molecular weight excluding hydrogens is 158 g/mol. The van der Waals surface area contributed by atoms with Crippen molar-refractivity contribution in [3.8, 4) is 0 Å². The van der Waals surface area contributed by atoms with Gasteiger partial charge in [-0.15, -0.1) is 12.4 Å². The van der Waals surface area contributed by atoms with Gasteiger partial charge in [0.25, 0.3) is 0 Å². The zero-order valence-corrected chi connectivity index (χ0v) is 7.68. The van der Waals surface area contributed by atoms with Gasteiger partial charge < -0.3 is 0 Å². The lowest BCUT2D eigenvalue weighted by Crippen LogP contribution is -2.31. The van der Waals surface area contributed by atoms with Crippen LogP contribution in [0.4, 0.5) is 0 Å². The van der Waals surface area contributed by atoms with E-state index in [9.17, 15) is 0 Å². The molecule has 0 bridgehead atoms. The molecule has 0 radical (unpaired) electrons. The fourth-order valence-electron chi connectivity index (χ4n) is 0.924. The fraction of sp³-hybridized carbons (Fsp3) is 0.444. The Labute approximate surface area is 74.5 Å². The Balaban J connectivity index is 0.000001000. The number of halogens is 1. The van der Waals surface area contributed by atoms with Gasteiger partial charge >= 0.3 is 0 Å². The number of aromatic nitrogens is 1. The summed E-state index contributed by atoms with van der Waals surface area (Å²) in [6.45, 7) is 3.36. The summed E-state index contributed by atoms with van der Waals surface area (Å²) in [6.07, 6.45) is 6.75. The smallest absolute Gasteiger partial charge is 0.168 e. The molecule has 62 valence electrons. The van der Waals surface area contributed by atoms with E-state index in [1.807, 2.05) is 6.07 Å². The first-order chi connectivity index (χ1) is 4.93. The molecule has 11 heavy (non-hydrogen) atoms. The highest BCUT2D eigenvalue weighted by atomic mass is 35.5. The molecule has 1 aromatic rings. The first-order valence-electron chi connectivity index (χ1n) is 3.87. The lowest BCUT2D eigenvalue weighted by Gasteiger charge is -1.91. The summed E-state index contributed by atoms with van der Waals surface area (Å²) in [5.74, 6) is 0. The third kappa shape index (κ3) is 3.99. The van der Waals surface area contributed by atoms with E-state index < -0.39 is 0 Å². The van der Waals surface area contributed by atoms with Crippen LogP contribution in [0.2, 0.25) is 0 Å². The summed E-state index contributed by atoms with van der Waals surface area (Å²) in [6, 6.07) is 6.17. The molecule has 0 aromatic carbocycles. The van der Waals surface area contributed by atoms with E-state index in [1.54, 1.807) is 0 Å². The SMILES string of the molecule is CCCC[n+]1ccccc1.Cl. The topological polar surface area (TPSA) is 3.88 Å². The normalized spacial score (nSPS) is 8.82. The molecule has 0 spiro atoms. The van der Waals surface area contributed by atoms with Gasteiger partial charge in [-0.05, 0) is 0 Å². The van der Waals surface area contributed by atoms with Crippen molar-refractivity contribution in [2.75, 3.05) is 0 Å². The van der Waals surface area contributed by atoms with Crippen LogP contribution in [0, 0.1) is 0 Å². The van der Waals surface area contributed by atoms with E-state index in [4.69, 9.17) is 0 Å². The number of nitrogens with zero attached hydrogens (tertiary/aromatic N) is 1. The highest BCUT2D eigenvalue weighted by molar-refractivity contribution is 5.85. The van der Waals surface area contributed by atoms with Crippen LogP contribution in [0.25, 0.3) is 0 Å². The monoisotopic (exact) mass is 172 g/mol. The molecule has 1 nitrogen and oxygen atoms in total. The molecule has 0 saturated heterocycles. The quantitative estimate of drug-likeness (QED) is 0.616. The van der Waals surface area contributed by atoms with Crippen molar-refractivity contribution in [3.63, 3.8) is 0 Å². The van der Waals surface area contributed by atoms with E-state index in [1.165, 1.54) is 12.8 Å². The average molecular weight is 173 g/mol. The number of unbranched alkanes of at least 4 members (excludes halogenated alkanes) is 1. The molecule has 0 aliphatic heterocycles. The van der Waals surface area contributed by atoms with Gasteiger partial charge in [0.15, 0.2) is 12.4 Å². The standard InChI is InChI=1S/C9H14N.ClH/c1-2-3-7-10-8-5-4-6-9-10;/h4-6,8-9H,2-3,7H2,1H3;1H/q+1;. The lowest BCUT2D eigenvalue weighted by atomic mass is 10.3. The molecule has 0 amide bonds. The Bertz CT molecular complexity index is 174. The Morgan fingerprint density at radius 1 is 1.09 bits per heavy atom. The maximum Gasteiger partial charge on any atom is 0.168 e. The first-order valence-corrected chi connectivity index (χ1v) is 3.87. The zero-order chi connectivity index (χ0) is 7.23. The molecule has 0 aliphatic carbocycles. The minimum absolute atomic E-state index is 0. The van der Waals surface area contributed by atoms with E-state index in [0.29, 0.717) is 0 Å². The zero-order valence-electron chi connectivity index (χ0n) is 6.86. The summed E-state index contributed by atoms with van der Waals surface area (Å²) in [5, 5.41) is 0. The van der Waals surface area contributed by atoms with Gasteiger partial charge in [0.1, 0.15) is 6.54 Å². The second-order valence-corrected chi connectivity index (χ2v) is 2.47. The number of pyridine rings is 1. The Kier molecular flexibility index (Phi) is 5.86. The predicted octanol–water partition coefficient (Wildman–Crippen LogP) is 2.20. The molecule has 1 rings (SSSR count). The van der Waals surface area contributed by atoms with Gasteiger partial charge in [-0.2, -0.15) is 0 Å². The fourth-order valence-corrected chi connectivity index (χ4v) is 0.924. The van der Waals surface area contributed by atoms with Crippen molar-refractivity contribution in [1.82, 2.24) is 0 Å². The second kappa shape index (κ2) is 6.17. The summed E-state index contributed by atoms with van der Waals surface area (Å²) < 4.78 is 2.21. The number of aryl methyl sites for hydroxylation is 1. The minimum atomic E-state index is 0. The van der Waals surface area contributed by atoms with Gasteiger partial charge in [0, 0.05) is 18.6 Å². The Morgan fingerprint density at radius 3 is 2.27 bits per heavy atom. The van der Waals surface area contributed by atoms with Crippen LogP contribution in [-0.4, -0.2) is 0 Å². The maximum atomic E-state index is 2.21. The molecular formula is C9H15ClN+. The summed E-state index contributed by atoms with van der Waals surface area (Å²) in [5.41, 5.74) is 0. The van der Waals surface area contributed by atoms with Crippen molar-refractivity contribution >= 4 is 12.4 Å². The molecule has 2 heteroatoms. The largest absolute Gasteiger partial charge is 0.205 e. The Hall–Kier alpha value is -0.560. The first kappa shape index (κ1) is 10.4.